The summed E-state index contributed by atoms with van der Waals surface area (Å²) in [7, 11) is 0. The van der Waals surface area contributed by atoms with Crippen LogP contribution < -0.4 is 11.2 Å². The fourth-order valence-corrected chi connectivity index (χ4v) is 2.68. The van der Waals surface area contributed by atoms with Gasteiger partial charge in [-0.15, -0.1) is 11.3 Å². The summed E-state index contributed by atoms with van der Waals surface area (Å²) in [5.74, 6) is 0. The van der Waals surface area contributed by atoms with Gasteiger partial charge in [0.25, 0.3) is 5.56 Å². The molecular weight excluding hydrogens is 272 g/mol. The van der Waals surface area contributed by atoms with Crippen molar-refractivity contribution >= 4 is 33.8 Å². The van der Waals surface area contributed by atoms with E-state index >= 15 is 0 Å². The molecule has 3 aromatic rings. The van der Waals surface area contributed by atoms with Crippen molar-refractivity contribution in [2.45, 2.75) is 0 Å². The SMILES string of the molecule is O=c1[nH]c2ccc(Cl)cc2c(=O)n1-c1cccs1. The summed E-state index contributed by atoms with van der Waals surface area (Å²) in [4.78, 5) is 26.9. The van der Waals surface area contributed by atoms with Crippen LogP contribution in [0.5, 0.6) is 0 Å². The first kappa shape index (κ1) is 11.3. The monoisotopic (exact) mass is 278 g/mol. The first-order valence-corrected chi connectivity index (χ1v) is 6.41. The molecule has 0 aliphatic carbocycles. The van der Waals surface area contributed by atoms with Gasteiger partial charge in [0.2, 0.25) is 0 Å². The van der Waals surface area contributed by atoms with E-state index in [1.165, 1.54) is 11.3 Å². The van der Waals surface area contributed by atoms with Crippen LogP contribution in [0.15, 0.2) is 45.3 Å². The highest BCUT2D eigenvalue weighted by Crippen LogP contribution is 2.15. The molecule has 0 aliphatic heterocycles. The molecule has 1 N–H and O–H groups in total. The third-order valence-electron chi connectivity index (χ3n) is 2.59. The molecule has 0 saturated carbocycles. The van der Waals surface area contributed by atoms with Crippen molar-refractivity contribution in [3.05, 3.63) is 61.6 Å². The molecule has 4 nitrogen and oxygen atoms in total. The van der Waals surface area contributed by atoms with Gasteiger partial charge in [0.05, 0.1) is 10.9 Å². The molecular formula is C12H7ClN2O2S. The van der Waals surface area contributed by atoms with E-state index in [0.717, 1.165) is 4.57 Å². The van der Waals surface area contributed by atoms with Crippen molar-refractivity contribution in [1.82, 2.24) is 9.55 Å². The second-order valence-corrected chi connectivity index (χ2v) is 5.07. The Kier molecular flexibility index (Phi) is 2.57. The standard InChI is InChI=1S/C12H7ClN2O2S/c13-7-3-4-9-8(6-7)11(16)15(12(17)14-9)10-2-1-5-18-10/h1-6H,(H,14,17). The van der Waals surface area contributed by atoms with Crippen LogP contribution in [0, 0.1) is 0 Å². The maximum Gasteiger partial charge on any atom is 0.334 e. The number of fused-ring (bicyclic) bond motifs is 1. The van der Waals surface area contributed by atoms with E-state index in [0.29, 0.717) is 20.9 Å². The van der Waals surface area contributed by atoms with Crippen LogP contribution in [0.2, 0.25) is 5.02 Å². The Labute approximate surface area is 110 Å². The number of aromatic nitrogens is 2. The van der Waals surface area contributed by atoms with Gasteiger partial charge >= 0.3 is 5.69 Å². The lowest BCUT2D eigenvalue weighted by atomic mass is 10.2. The van der Waals surface area contributed by atoms with E-state index in [4.69, 9.17) is 11.6 Å². The molecule has 6 heteroatoms. The number of nitrogens with zero attached hydrogens (tertiary/aromatic N) is 1. The summed E-state index contributed by atoms with van der Waals surface area (Å²) in [6.45, 7) is 0. The first-order chi connectivity index (χ1) is 8.66. The quantitative estimate of drug-likeness (QED) is 0.743. The highest BCUT2D eigenvalue weighted by atomic mass is 35.5. The van der Waals surface area contributed by atoms with Gasteiger partial charge in [-0.25, -0.2) is 9.36 Å². The summed E-state index contributed by atoms with van der Waals surface area (Å²) in [6, 6.07) is 8.32. The lowest BCUT2D eigenvalue weighted by Crippen LogP contribution is -2.32. The Hall–Kier alpha value is -1.85. The minimum Gasteiger partial charge on any atom is -0.306 e. The third-order valence-corrected chi connectivity index (χ3v) is 3.67. The number of benzene rings is 1. The first-order valence-electron chi connectivity index (χ1n) is 5.15. The van der Waals surface area contributed by atoms with E-state index in [2.05, 4.69) is 4.98 Å². The second-order valence-electron chi connectivity index (χ2n) is 3.71. The Morgan fingerprint density at radius 1 is 1.22 bits per heavy atom. The Morgan fingerprint density at radius 3 is 2.78 bits per heavy atom. The number of thiophene rings is 1. The number of halogens is 1. The molecule has 1 aromatic carbocycles. The van der Waals surface area contributed by atoms with E-state index in [1.54, 1.807) is 30.3 Å². The minimum atomic E-state index is -0.447. The van der Waals surface area contributed by atoms with Gasteiger partial charge in [-0.1, -0.05) is 11.6 Å². The summed E-state index contributed by atoms with van der Waals surface area (Å²) >= 11 is 7.20. The number of aromatic amines is 1. The van der Waals surface area contributed by atoms with Crippen molar-refractivity contribution in [2.24, 2.45) is 0 Å². The molecule has 0 unspecified atom stereocenters. The average molecular weight is 279 g/mol. The lowest BCUT2D eigenvalue weighted by molar-refractivity contribution is 0.917. The molecule has 0 aliphatic rings. The van der Waals surface area contributed by atoms with Crippen molar-refractivity contribution in [2.75, 3.05) is 0 Å². The second kappa shape index (κ2) is 4.12. The van der Waals surface area contributed by atoms with Gasteiger partial charge in [-0.2, -0.15) is 0 Å². The predicted molar refractivity (Wildman–Crippen MR) is 73.1 cm³/mol. The van der Waals surface area contributed by atoms with Crippen molar-refractivity contribution < 1.29 is 0 Å². The molecule has 0 amide bonds. The Bertz CT molecular complexity index is 833. The Morgan fingerprint density at radius 2 is 2.06 bits per heavy atom. The molecule has 2 aromatic heterocycles. The summed E-state index contributed by atoms with van der Waals surface area (Å²) < 4.78 is 1.11. The molecule has 0 atom stereocenters. The number of hydrogen-bond donors (Lipinski definition) is 1. The van der Waals surface area contributed by atoms with Crippen molar-refractivity contribution in [1.29, 1.82) is 0 Å². The lowest BCUT2D eigenvalue weighted by Gasteiger charge is -2.03. The topological polar surface area (TPSA) is 54.9 Å². The molecule has 0 spiro atoms. The highest BCUT2D eigenvalue weighted by Gasteiger charge is 2.10. The molecule has 0 radical (unpaired) electrons. The maximum absolute atomic E-state index is 12.3. The van der Waals surface area contributed by atoms with Crippen LogP contribution >= 0.6 is 22.9 Å². The fourth-order valence-electron chi connectivity index (χ4n) is 1.78. The van der Waals surface area contributed by atoms with Gasteiger partial charge in [0.15, 0.2) is 0 Å². The van der Waals surface area contributed by atoms with Gasteiger partial charge in [-0.3, -0.25) is 4.79 Å². The average Bonchev–Trinajstić information content (AvgIpc) is 2.84. The number of rotatable bonds is 1. The predicted octanol–water partition coefficient (Wildman–Crippen LogP) is 2.39. The van der Waals surface area contributed by atoms with Gasteiger partial charge < -0.3 is 4.98 Å². The van der Waals surface area contributed by atoms with E-state index in [1.807, 2.05) is 5.38 Å². The fraction of sp³-hybridized carbons (Fsp3) is 0. The summed E-state index contributed by atoms with van der Waals surface area (Å²) in [5, 5.41) is 3.26. The van der Waals surface area contributed by atoms with Crippen LogP contribution in [-0.4, -0.2) is 9.55 Å². The zero-order valence-corrected chi connectivity index (χ0v) is 10.6. The molecule has 0 bridgehead atoms. The zero-order valence-electron chi connectivity index (χ0n) is 9.01. The molecule has 18 heavy (non-hydrogen) atoms. The van der Waals surface area contributed by atoms with Crippen molar-refractivity contribution in [3.8, 4) is 5.00 Å². The molecule has 0 saturated heterocycles. The zero-order chi connectivity index (χ0) is 12.7. The van der Waals surface area contributed by atoms with Gasteiger partial charge in [0, 0.05) is 5.02 Å². The van der Waals surface area contributed by atoms with Crippen molar-refractivity contribution in [3.63, 3.8) is 0 Å². The maximum atomic E-state index is 12.3. The number of nitrogens with one attached hydrogen (secondary N) is 1. The largest absolute Gasteiger partial charge is 0.334 e. The van der Waals surface area contributed by atoms with Crippen LogP contribution in [-0.2, 0) is 0 Å². The van der Waals surface area contributed by atoms with Gasteiger partial charge in [0.1, 0.15) is 5.00 Å². The third kappa shape index (κ3) is 1.68. The smallest absolute Gasteiger partial charge is 0.306 e. The molecule has 3 rings (SSSR count). The van der Waals surface area contributed by atoms with Crippen LogP contribution in [0.4, 0.5) is 0 Å². The van der Waals surface area contributed by atoms with E-state index in [-0.39, 0.29) is 5.56 Å². The van der Waals surface area contributed by atoms with E-state index < -0.39 is 5.69 Å². The highest BCUT2D eigenvalue weighted by molar-refractivity contribution is 7.12. The number of hydrogen-bond acceptors (Lipinski definition) is 3. The summed E-state index contributed by atoms with van der Waals surface area (Å²) in [6.07, 6.45) is 0. The minimum absolute atomic E-state index is 0.362. The molecule has 2 heterocycles. The Balaban J connectivity index is 2.48. The summed E-state index contributed by atoms with van der Waals surface area (Å²) in [5.41, 5.74) is -0.321. The van der Waals surface area contributed by atoms with Crippen LogP contribution in [0.25, 0.3) is 15.9 Å². The van der Waals surface area contributed by atoms with Gasteiger partial charge in [-0.05, 0) is 35.7 Å². The van der Waals surface area contributed by atoms with E-state index in [9.17, 15) is 9.59 Å². The van der Waals surface area contributed by atoms with Crippen LogP contribution in [0.3, 0.4) is 0 Å². The normalized spacial score (nSPS) is 10.9. The molecule has 0 fully saturated rings. The van der Waals surface area contributed by atoms with Crippen LogP contribution in [0.1, 0.15) is 0 Å². The number of H-pyrrole nitrogens is 1. The molecule has 90 valence electrons.